The summed E-state index contributed by atoms with van der Waals surface area (Å²) < 4.78 is 0. The van der Waals surface area contributed by atoms with E-state index in [1.807, 2.05) is 42.5 Å². The van der Waals surface area contributed by atoms with Crippen LogP contribution in [0.25, 0.3) is 11.1 Å². The molecule has 0 bridgehead atoms. The molecule has 0 spiro atoms. The van der Waals surface area contributed by atoms with E-state index in [1.54, 1.807) is 0 Å². The van der Waals surface area contributed by atoms with Crippen LogP contribution < -0.4 is 0 Å². The summed E-state index contributed by atoms with van der Waals surface area (Å²) in [6.07, 6.45) is 43.5. The first-order valence-electron chi connectivity index (χ1n) is 27.9. The molecule has 4 rings (SSSR count). The third kappa shape index (κ3) is 33.1. The number of allylic oxidation sites excluding steroid dienone is 4. The third-order valence-electron chi connectivity index (χ3n) is 12.9. The van der Waals surface area contributed by atoms with E-state index in [1.165, 1.54) is 185 Å². The number of hydrogen-bond donors (Lipinski definition) is 0. The van der Waals surface area contributed by atoms with Gasteiger partial charge in [-0.1, -0.05) is 300 Å². The van der Waals surface area contributed by atoms with Crippen LogP contribution in [0, 0.1) is 13.8 Å². The minimum absolute atomic E-state index is 0. The average Bonchev–Trinajstić information content (AvgIpc) is 3.37. The van der Waals surface area contributed by atoms with E-state index < -0.39 is 8.07 Å². The van der Waals surface area contributed by atoms with Gasteiger partial charge in [0.1, 0.15) is 0 Å². The summed E-state index contributed by atoms with van der Waals surface area (Å²) in [7, 11) is -1.26. The summed E-state index contributed by atoms with van der Waals surface area (Å²) in [4.78, 5) is 3.24. The van der Waals surface area contributed by atoms with E-state index >= 15 is 0 Å². The Kier molecular flexibility index (Phi) is 40.6. The van der Waals surface area contributed by atoms with Crippen LogP contribution in [0.3, 0.4) is 0 Å². The molecule has 0 fully saturated rings. The van der Waals surface area contributed by atoms with Gasteiger partial charge in [0, 0.05) is 8.07 Å². The van der Waals surface area contributed by atoms with E-state index in [4.69, 9.17) is 0 Å². The second-order valence-electron chi connectivity index (χ2n) is 20.5. The maximum absolute atomic E-state index is 9.30. The molecule has 70 heavy (non-hydrogen) atoms. The van der Waals surface area contributed by atoms with Crippen LogP contribution in [0.15, 0.2) is 133 Å². The summed E-state index contributed by atoms with van der Waals surface area (Å²) >= 11 is 0. The molecule has 0 aromatic heterocycles. The zero-order valence-electron chi connectivity index (χ0n) is 45.3. The van der Waals surface area contributed by atoms with Crippen LogP contribution in [0.4, 0.5) is 0 Å². The van der Waals surface area contributed by atoms with Crippen LogP contribution in [0.5, 0.6) is 0 Å². The standard InChI is InChI=1S/C50H80N2Si.2C8H9.Pd/c1-6-8-10-11-12-13-14-15-16-17-18-19-20-21-22-23-24-25-26-27-28-29-30-31-37-46-38-32-33-40-49(46)50(47(36-9-7-2)41-42-52-51)48-39-34-35-45(43-48)44-53(3,4)5;2*1-2-8-6-4-3-5-7-8;/h29-30,32-35,38-41,43H,6-28,31,36-37,44H2,1-5H3;2*3-7H,1-2H2;/q;2*-1;+2. The minimum Gasteiger partial charge on any atom is -0.348 e. The Balaban J connectivity index is 0.00000120. The Labute approximate surface area is 447 Å². The molecule has 4 heteroatoms. The van der Waals surface area contributed by atoms with Crippen molar-refractivity contribution in [2.75, 3.05) is 0 Å². The quantitative estimate of drug-likeness (QED) is 0.00653. The van der Waals surface area contributed by atoms with Crippen molar-refractivity contribution in [2.24, 2.45) is 0 Å². The van der Waals surface area contributed by atoms with Crippen LogP contribution in [-0.2, 0) is 45.7 Å². The van der Waals surface area contributed by atoms with Crippen molar-refractivity contribution < 1.29 is 25.2 Å². The summed E-state index contributed by atoms with van der Waals surface area (Å²) in [6.45, 7) is 19.4. The van der Waals surface area contributed by atoms with Gasteiger partial charge in [-0.2, -0.15) is 12.8 Å². The average molecular weight is 1050 g/mol. The van der Waals surface area contributed by atoms with E-state index in [2.05, 4.69) is 143 Å². The van der Waals surface area contributed by atoms with Gasteiger partial charge in [0.05, 0.1) is 6.08 Å². The smallest absolute Gasteiger partial charge is 0.348 e. The Morgan fingerprint density at radius 1 is 0.529 bits per heavy atom. The normalized spacial score (nSPS) is 11.3. The number of aryl methyl sites for hydroxylation is 1. The summed E-state index contributed by atoms with van der Waals surface area (Å²) in [5, 5.41) is 0. The van der Waals surface area contributed by atoms with E-state index in [0.29, 0.717) is 0 Å². The van der Waals surface area contributed by atoms with Gasteiger partial charge in [0.25, 0.3) is 5.87 Å². The predicted octanol–water partition coefficient (Wildman–Crippen LogP) is 20.4. The van der Waals surface area contributed by atoms with Gasteiger partial charge in [-0.15, -0.1) is 4.79 Å². The molecule has 4 aromatic carbocycles. The molecular formula is C66H98N2PdSi. The molecule has 0 aliphatic carbocycles. The maximum atomic E-state index is 9.30. The fraction of sp³-hybridized carbons (Fsp3) is 0.515. The molecule has 4 aromatic rings. The van der Waals surface area contributed by atoms with E-state index in [0.717, 1.165) is 44.9 Å². The fourth-order valence-electron chi connectivity index (χ4n) is 8.97. The molecule has 0 saturated heterocycles. The predicted molar refractivity (Wildman–Crippen MR) is 310 cm³/mol. The SMILES string of the molecule is CCCCCCCCCCCCCCCCCCCCCCC=CCCc1ccccc1C(=C(C=C=[N+]=[N-])CCCC)c1cccc(C[Si](C)(C)C)c1.[CH2-]Cc1ccccc1.[CH2-]Cc1ccccc1.[Pd+2]. The zero-order valence-corrected chi connectivity index (χ0v) is 47.8. The molecule has 0 unspecified atom stereocenters. The van der Waals surface area contributed by atoms with Crippen LogP contribution in [0.1, 0.15) is 208 Å². The van der Waals surface area contributed by atoms with Gasteiger partial charge in [0.15, 0.2) is 0 Å². The molecule has 0 atom stereocenters. The maximum Gasteiger partial charge on any atom is 2.00 e. The topological polar surface area (TPSA) is 36.4 Å². The second kappa shape index (κ2) is 44.1. The molecule has 0 radical (unpaired) electrons. The molecular weight excluding hydrogens is 955 g/mol. The Bertz CT molecular complexity index is 1940. The van der Waals surface area contributed by atoms with Gasteiger partial charge in [-0.3, -0.25) is 0 Å². The summed E-state index contributed by atoms with van der Waals surface area (Å²) in [5.41, 5.74) is 19.7. The first-order valence-corrected chi connectivity index (χ1v) is 31.6. The number of benzene rings is 4. The first kappa shape index (κ1) is 64.4. The summed E-state index contributed by atoms with van der Waals surface area (Å²) in [5.74, 6) is 2.76. The monoisotopic (exact) mass is 1050 g/mol. The third-order valence-corrected chi connectivity index (χ3v) is 14.4. The van der Waals surface area contributed by atoms with Gasteiger partial charge in [-0.25, -0.2) is 0 Å². The van der Waals surface area contributed by atoms with Crippen molar-refractivity contribution in [3.05, 3.63) is 186 Å². The van der Waals surface area contributed by atoms with Crippen molar-refractivity contribution in [2.45, 2.75) is 219 Å². The molecule has 0 heterocycles. The van der Waals surface area contributed by atoms with Crippen LogP contribution in [0.2, 0.25) is 19.6 Å². The molecule has 0 saturated carbocycles. The molecule has 0 amide bonds. The van der Waals surface area contributed by atoms with Crippen molar-refractivity contribution in [1.82, 2.24) is 0 Å². The summed E-state index contributed by atoms with van der Waals surface area (Å²) in [6, 6.07) is 39.7. The van der Waals surface area contributed by atoms with Crippen molar-refractivity contribution in [3.8, 4) is 0 Å². The Morgan fingerprint density at radius 3 is 1.43 bits per heavy atom. The zero-order chi connectivity index (χ0) is 49.9. The van der Waals surface area contributed by atoms with Gasteiger partial charge in [0.2, 0.25) is 0 Å². The van der Waals surface area contributed by atoms with Gasteiger partial charge >= 0.3 is 20.4 Å². The molecule has 2 nitrogen and oxygen atoms in total. The largest absolute Gasteiger partial charge is 2.00 e. The van der Waals surface area contributed by atoms with Crippen molar-refractivity contribution in [3.63, 3.8) is 0 Å². The first-order chi connectivity index (χ1) is 33.8. The van der Waals surface area contributed by atoms with Crippen LogP contribution >= 0.6 is 0 Å². The van der Waals surface area contributed by atoms with Crippen molar-refractivity contribution in [1.29, 1.82) is 0 Å². The van der Waals surface area contributed by atoms with E-state index in [9.17, 15) is 5.53 Å². The fourth-order valence-corrected chi connectivity index (χ4v) is 10.4. The Morgan fingerprint density at radius 2 is 0.971 bits per heavy atom. The van der Waals surface area contributed by atoms with E-state index in [-0.39, 0.29) is 20.4 Å². The number of nitrogens with zero attached hydrogens (tertiary/aromatic N) is 2. The number of unbranched alkanes of at least 4 members (excludes halogenated alkanes) is 21. The minimum atomic E-state index is -1.26. The Hall–Kier alpha value is -3.60. The van der Waals surface area contributed by atoms with Crippen LogP contribution in [-0.4, -0.2) is 18.7 Å². The van der Waals surface area contributed by atoms with Gasteiger partial charge in [-0.05, 0) is 72.4 Å². The molecule has 0 aliphatic rings. The molecule has 0 aliphatic heterocycles. The second-order valence-corrected chi connectivity index (χ2v) is 25.9. The molecule has 386 valence electrons. The molecule has 0 N–H and O–H groups in total. The number of rotatable bonds is 34. The van der Waals surface area contributed by atoms with Gasteiger partial charge < -0.3 is 19.4 Å². The number of hydrogen-bond acceptors (Lipinski definition) is 0. The van der Waals surface area contributed by atoms with Crippen molar-refractivity contribution >= 4 is 19.5 Å².